The molecule has 3 aromatic rings. The molecule has 0 unspecified atom stereocenters. The Balaban J connectivity index is 1.69. The van der Waals surface area contributed by atoms with Crippen LogP contribution in [0.2, 0.25) is 0 Å². The zero-order valence-electron chi connectivity index (χ0n) is 17.7. The van der Waals surface area contributed by atoms with Gasteiger partial charge in [-0.15, -0.1) is 0 Å². The monoisotopic (exact) mass is 521 g/mol. The van der Waals surface area contributed by atoms with Crippen molar-refractivity contribution in [3.05, 3.63) is 98.9 Å². The number of hydrogen-bond acceptors (Lipinski definition) is 5. The molecule has 1 atom stereocenters. The minimum Gasteiger partial charge on any atom is -0.467 e. The number of nitrogens with zero attached hydrogens (tertiary/aromatic N) is 2. The molecular formula is C25H20BrN3O3S. The maximum Gasteiger partial charge on any atom is 0.265 e. The molecule has 1 N–H and O–H groups in total. The second-order valence-electron chi connectivity index (χ2n) is 7.44. The first-order valence-corrected chi connectivity index (χ1v) is 11.9. The molecule has 8 heteroatoms. The maximum absolute atomic E-state index is 13.5. The Bertz CT molecular complexity index is 1250. The molecule has 6 nitrogen and oxygen atoms in total. The largest absolute Gasteiger partial charge is 0.467 e. The predicted octanol–water partition coefficient (Wildman–Crippen LogP) is 5.09. The molecule has 0 radical (unpaired) electrons. The summed E-state index contributed by atoms with van der Waals surface area (Å²) in [6.07, 6.45) is 2.02. The van der Waals surface area contributed by atoms with Gasteiger partial charge in [-0.3, -0.25) is 14.5 Å². The van der Waals surface area contributed by atoms with Crippen molar-refractivity contribution in [2.24, 2.45) is 0 Å². The van der Waals surface area contributed by atoms with Gasteiger partial charge in [0, 0.05) is 10.2 Å². The number of carbonyl (C=O) groups is 2. The number of amides is 2. The van der Waals surface area contributed by atoms with Gasteiger partial charge in [0.05, 0.1) is 18.1 Å². The fraction of sp³-hybridized carbons (Fsp3) is 0.160. The number of carbonyl (C=O) groups excluding carboxylic acids is 2. The molecule has 0 saturated carbocycles. The lowest BCUT2D eigenvalue weighted by Gasteiger charge is -2.19. The van der Waals surface area contributed by atoms with Gasteiger partial charge in [-0.25, -0.2) is 0 Å². The van der Waals surface area contributed by atoms with Crippen LogP contribution in [0, 0.1) is 18.3 Å². The summed E-state index contributed by atoms with van der Waals surface area (Å²) in [4.78, 5) is 27.9. The summed E-state index contributed by atoms with van der Waals surface area (Å²) >= 11 is 4.66. The zero-order chi connectivity index (χ0) is 23.4. The molecule has 1 aliphatic heterocycles. The van der Waals surface area contributed by atoms with Gasteiger partial charge in [0.25, 0.3) is 5.91 Å². The Morgan fingerprint density at radius 1 is 1.18 bits per heavy atom. The number of rotatable bonds is 6. The lowest BCUT2D eigenvalue weighted by atomic mass is 10.0. The molecule has 2 heterocycles. The maximum atomic E-state index is 13.5. The molecule has 1 fully saturated rings. The van der Waals surface area contributed by atoms with E-state index in [-0.39, 0.29) is 18.0 Å². The van der Waals surface area contributed by atoms with Crippen LogP contribution in [0.4, 0.5) is 5.69 Å². The molecular weight excluding hydrogens is 502 g/mol. The molecule has 1 saturated heterocycles. The number of halogens is 1. The van der Waals surface area contributed by atoms with Crippen molar-refractivity contribution in [2.45, 2.75) is 25.1 Å². The van der Waals surface area contributed by atoms with Gasteiger partial charge >= 0.3 is 0 Å². The van der Waals surface area contributed by atoms with Crippen molar-refractivity contribution in [2.75, 3.05) is 4.90 Å². The number of nitriles is 1. The summed E-state index contributed by atoms with van der Waals surface area (Å²) in [6.45, 7) is 2.15. The fourth-order valence-electron chi connectivity index (χ4n) is 3.52. The summed E-state index contributed by atoms with van der Waals surface area (Å²) in [5.74, 6) is -0.141. The Kier molecular flexibility index (Phi) is 7.02. The van der Waals surface area contributed by atoms with Crippen LogP contribution in [0.1, 0.15) is 16.9 Å². The van der Waals surface area contributed by atoms with Crippen LogP contribution in [-0.2, 0) is 22.6 Å². The van der Waals surface area contributed by atoms with Crippen molar-refractivity contribution in [1.82, 2.24) is 5.32 Å². The molecule has 33 heavy (non-hydrogen) atoms. The van der Waals surface area contributed by atoms with E-state index in [1.165, 1.54) is 22.9 Å². The SMILES string of the molecule is Cc1ccccc1C[C@H]1S/C(=C(/C#N)C(=O)NCc2ccco2)N(c2ccc(Br)cc2)C1=O. The van der Waals surface area contributed by atoms with Crippen molar-refractivity contribution < 1.29 is 14.0 Å². The molecule has 0 spiro atoms. The number of thioether (sulfide) groups is 1. The lowest BCUT2D eigenvalue weighted by Crippen LogP contribution is -2.32. The summed E-state index contributed by atoms with van der Waals surface area (Å²) in [7, 11) is 0. The Morgan fingerprint density at radius 3 is 2.61 bits per heavy atom. The van der Waals surface area contributed by atoms with Crippen LogP contribution in [0.3, 0.4) is 0 Å². The number of hydrogen-bond donors (Lipinski definition) is 1. The summed E-state index contributed by atoms with van der Waals surface area (Å²) in [5.41, 5.74) is 2.65. The van der Waals surface area contributed by atoms with Crippen LogP contribution in [-0.4, -0.2) is 17.1 Å². The number of nitrogens with one attached hydrogen (secondary N) is 1. The van der Waals surface area contributed by atoms with E-state index in [4.69, 9.17) is 4.42 Å². The quantitative estimate of drug-likeness (QED) is 0.360. The van der Waals surface area contributed by atoms with Gasteiger partial charge < -0.3 is 9.73 Å². The van der Waals surface area contributed by atoms with E-state index in [0.717, 1.165) is 15.6 Å². The predicted molar refractivity (Wildman–Crippen MR) is 131 cm³/mol. The third kappa shape index (κ3) is 5.05. The van der Waals surface area contributed by atoms with Crippen LogP contribution < -0.4 is 10.2 Å². The highest BCUT2D eigenvalue weighted by Crippen LogP contribution is 2.42. The Morgan fingerprint density at radius 2 is 1.94 bits per heavy atom. The molecule has 166 valence electrons. The third-order valence-electron chi connectivity index (χ3n) is 5.26. The Hall–Kier alpha value is -3.28. The highest BCUT2D eigenvalue weighted by atomic mass is 79.9. The van der Waals surface area contributed by atoms with Crippen LogP contribution >= 0.6 is 27.7 Å². The molecule has 2 amide bonds. The fourth-order valence-corrected chi connectivity index (χ4v) is 5.08. The van der Waals surface area contributed by atoms with Crippen molar-refractivity contribution in [3.8, 4) is 6.07 Å². The average Bonchev–Trinajstić information content (AvgIpc) is 3.44. The van der Waals surface area contributed by atoms with Gasteiger partial charge in [0.15, 0.2) is 0 Å². The van der Waals surface area contributed by atoms with E-state index >= 15 is 0 Å². The van der Waals surface area contributed by atoms with Crippen molar-refractivity contribution in [1.29, 1.82) is 5.26 Å². The summed E-state index contributed by atoms with van der Waals surface area (Å²) in [6, 6.07) is 20.6. The van der Waals surface area contributed by atoms with Crippen LogP contribution in [0.25, 0.3) is 0 Å². The van der Waals surface area contributed by atoms with Crippen LogP contribution in [0.15, 0.2) is 86.4 Å². The van der Waals surface area contributed by atoms with Gasteiger partial charge in [-0.1, -0.05) is 52.0 Å². The van der Waals surface area contributed by atoms with Gasteiger partial charge in [0.2, 0.25) is 5.91 Å². The van der Waals surface area contributed by atoms with Crippen molar-refractivity contribution in [3.63, 3.8) is 0 Å². The topological polar surface area (TPSA) is 86.3 Å². The van der Waals surface area contributed by atoms with E-state index < -0.39 is 11.2 Å². The second kappa shape index (κ2) is 10.1. The van der Waals surface area contributed by atoms with Gasteiger partial charge in [-0.05, 0) is 60.9 Å². The standard InChI is InChI=1S/C25H20BrN3O3S/c1-16-5-2-3-6-17(16)13-22-24(31)29(19-10-8-18(26)9-11-19)25(33-22)21(14-27)23(30)28-15-20-7-4-12-32-20/h2-12,22H,13,15H2,1H3,(H,28,30)/b25-21-/t22-/m1/s1. The molecule has 0 bridgehead atoms. The smallest absolute Gasteiger partial charge is 0.265 e. The first kappa shape index (κ1) is 22.9. The van der Waals surface area contributed by atoms with Crippen LogP contribution in [0.5, 0.6) is 0 Å². The summed E-state index contributed by atoms with van der Waals surface area (Å²) in [5, 5.41) is 12.5. The van der Waals surface area contributed by atoms with Gasteiger partial charge in [-0.2, -0.15) is 5.26 Å². The molecule has 1 aromatic heterocycles. The normalized spacial score (nSPS) is 17.1. The highest BCUT2D eigenvalue weighted by Gasteiger charge is 2.40. The van der Waals surface area contributed by atoms with E-state index in [1.54, 1.807) is 24.3 Å². The zero-order valence-corrected chi connectivity index (χ0v) is 20.2. The first-order chi connectivity index (χ1) is 16.0. The van der Waals surface area contributed by atoms with Crippen molar-refractivity contribution >= 4 is 45.2 Å². The summed E-state index contributed by atoms with van der Waals surface area (Å²) < 4.78 is 6.11. The second-order valence-corrected chi connectivity index (χ2v) is 9.55. The lowest BCUT2D eigenvalue weighted by molar-refractivity contribution is -0.117. The van der Waals surface area contributed by atoms with E-state index in [0.29, 0.717) is 22.9 Å². The molecule has 4 rings (SSSR count). The minimum atomic E-state index is -0.553. The molecule has 2 aromatic carbocycles. The van der Waals surface area contributed by atoms with Gasteiger partial charge in [0.1, 0.15) is 22.4 Å². The minimum absolute atomic E-state index is 0.102. The number of aryl methyl sites for hydroxylation is 1. The molecule has 1 aliphatic rings. The molecule has 0 aliphatic carbocycles. The van der Waals surface area contributed by atoms with E-state index in [1.807, 2.05) is 49.4 Å². The number of furan rings is 1. The Labute approximate surface area is 204 Å². The first-order valence-electron chi connectivity index (χ1n) is 10.2. The third-order valence-corrected chi connectivity index (χ3v) is 7.05. The number of anilines is 1. The highest BCUT2D eigenvalue weighted by molar-refractivity contribution is 9.10. The van der Waals surface area contributed by atoms with E-state index in [2.05, 4.69) is 21.2 Å². The van der Waals surface area contributed by atoms with E-state index in [9.17, 15) is 14.9 Å². The number of benzene rings is 2. The average molecular weight is 522 g/mol.